The Kier molecular flexibility index (Phi) is 6.42. The summed E-state index contributed by atoms with van der Waals surface area (Å²) < 4.78 is 65.2. The third-order valence-electron chi connectivity index (χ3n) is 4.02. The number of hydrogen-bond donors (Lipinski definition) is 0. The molecule has 26 heavy (non-hydrogen) atoms. The molecule has 2 aromatic rings. The van der Waals surface area contributed by atoms with E-state index in [4.69, 9.17) is 9.47 Å². The van der Waals surface area contributed by atoms with Crippen LogP contribution in [-0.4, -0.2) is 30.7 Å². The number of carbonyl (C=O) groups is 1. The molecule has 1 heterocycles. The second-order valence-corrected chi connectivity index (χ2v) is 5.79. The average molecular weight is 373 g/mol. The van der Waals surface area contributed by atoms with Gasteiger partial charge in [0.25, 0.3) is 0 Å². The number of ether oxygens (including phenoxy) is 2. The Morgan fingerprint density at radius 3 is 2.27 bits per heavy atom. The molecule has 0 aliphatic heterocycles. The van der Waals surface area contributed by atoms with Gasteiger partial charge in [-0.1, -0.05) is 0 Å². The lowest BCUT2D eigenvalue weighted by molar-refractivity contribution is 0.0913. The fourth-order valence-corrected chi connectivity index (χ4v) is 2.69. The first kappa shape index (κ1) is 20.0. The van der Waals surface area contributed by atoms with Crippen LogP contribution in [-0.2, 0) is 11.3 Å². The van der Waals surface area contributed by atoms with Crippen molar-refractivity contribution in [2.45, 2.75) is 26.8 Å². The quantitative estimate of drug-likeness (QED) is 0.304. The number of rotatable bonds is 8. The smallest absolute Gasteiger partial charge is 0.203 e. The van der Waals surface area contributed by atoms with Crippen molar-refractivity contribution in [2.75, 3.05) is 20.3 Å². The summed E-state index contributed by atoms with van der Waals surface area (Å²) in [6.07, 6.45) is 0.746. The summed E-state index contributed by atoms with van der Waals surface area (Å²) in [6.45, 7) is 4.00. The van der Waals surface area contributed by atoms with E-state index in [1.807, 2.05) is 11.5 Å². The molecule has 0 spiro atoms. The third kappa shape index (κ3) is 4.07. The van der Waals surface area contributed by atoms with Gasteiger partial charge in [-0.2, -0.15) is 8.78 Å². The lowest BCUT2D eigenvalue weighted by Gasteiger charge is -2.10. The molecule has 1 aromatic carbocycles. The van der Waals surface area contributed by atoms with Gasteiger partial charge in [0, 0.05) is 43.3 Å². The molecular weight excluding hydrogens is 354 g/mol. The Bertz CT molecular complexity index is 791. The Morgan fingerprint density at radius 1 is 1.08 bits per heavy atom. The van der Waals surface area contributed by atoms with E-state index in [1.165, 1.54) is 0 Å². The molecule has 0 aliphatic rings. The highest BCUT2D eigenvalue weighted by atomic mass is 19.2. The molecule has 1 aromatic heterocycles. The molecule has 0 bridgehead atoms. The first-order valence-corrected chi connectivity index (χ1v) is 7.92. The first-order chi connectivity index (χ1) is 12.3. The van der Waals surface area contributed by atoms with E-state index in [9.17, 15) is 22.4 Å². The van der Waals surface area contributed by atoms with Crippen LogP contribution in [0.1, 0.15) is 28.2 Å². The first-order valence-electron chi connectivity index (χ1n) is 7.92. The minimum Gasteiger partial charge on any atom is -0.479 e. The zero-order valence-electron chi connectivity index (χ0n) is 14.7. The number of nitrogens with zero attached hydrogens (tertiary/aromatic N) is 1. The molecular formula is C18H19F4NO3. The fraction of sp³-hybridized carbons (Fsp3) is 0.389. The number of aromatic nitrogens is 1. The minimum absolute atomic E-state index is 0.0764. The van der Waals surface area contributed by atoms with Crippen LogP contribution in [0.4, 0.5) is 17.6 Å². The van der Waals surface area contributed by atoms with Crippen molar-refractivity contribution in [1.82, 2.24) is 4.57 Å². The lowest BCUT2D eigenvalue weighted by Crippen LogP contribution is -2.15. The highest BCUT2D eigenvalue weighted by Crippen LogP contribution is 2.27. The van der Waals surface area contributed by atoms with Crippen molar-refractivity contribution in [3.8, 4) is 5.75 Å². The molecule has 4 nitrogen and oxygen atoms in total. The van der Waals surface area contributed by atoms with Crippen molar-refractivity contribution in [1.29, 1.82) is 0 Å². The lowest BCUT2D eigenvalue weighted by atomic mass is 10.1. The molecule has 0 aliphatic carbocycles. The molecule has 142 valence electrons. The second-order valence-electron chi connectivity index (χ2n) is 5.79. The summed E-state index contributed by atoms with van der Waals surface area (Å²) >= 11 is 0. The molecule has 0 atom stereocenters. The number of carbonyl (C=O) groups excluding carboxylic acids is 1. The van der Waals surface area contributed by atoms with Gasteiger partial charge in [0.1, 0.15) is 0 Å². The number of methoxy groups -OCH3 is 1. The summed E-state index contributed by atoms with van der Waals surface area (Å²) in [6, 6.07) is 1.71. The van der Waals surface area contributed by atoms with E-state index in [1.54, 1.807) is 20.1 Å². The normalized spacial score (nSPS) is 11.0. The molecule has 8 heteroatoms. The average Bonchev–Trinajstić information content (AvgIpc) is 2.88. The van der Waals surface area contributed by atoms with Gasteiger partial charge < -0.3 is 14.0 Å². The van der Waals surface area contributed by atoms with Gasteiger partial charge in [0.05, 0.1) is 0 Å². The molecule has 0 saturated carbocycles. The molecule has 0 fully saturated rings. The van der Waals surface area contributed by atoms with Crippen LogP contribution >= 0.6 is 0 Å². The zero-order chi connectivity index (χ0) is 19.4. The topological polar surface area (TPSA) is 40.5 Å². The molecule has 0 amide bonds. The van der Waals surface area contributed by atoms with Gasteiger partial charge in [-0.15, -0.1) is 0 Å². The number of Topliss-reactive ketones (excluding diaryl/α,β-unsaturated/α-hetero) is 1. The predicted molar refractivity (Wildman–Crippen MR) is 86.5 cm³/mol. The third-order valence-corrected chi connectivity index (χ3v) is 4.02. The van der Waals surface area contributed by atoms with Crippen LogP contribution in [0.25, 0.3) is 0 Å². The number of ketones is 1. The molecule has 0 saturated heterocycles. The SMILES string of the molecule is COCCCn1c(C)cc(C(=O)COc2c(F)c(F)cc(F)c2F)c1C. The molecule has 0 N–H and O–H groups in total. The zero-order valence-corrected chi connectivity index (χ0v) is 14.7. The van der Waals surface area contributed by atoms with Crippen molar-refractivity contribution < 1.29 is 31.8 Å². The predicted octanol–water partition coefficient (Wildman–Crippen LogP) is 3.96. The van der Waals surface area contributed by atoms with Crippen LogP contribution in [0, 0.1) is 37.1 Å². The van der Waals surface area contributed by atoms with E-state index in [2.05, 4.69) is 0 Å². The van der Waals surface area contributed by atoms with Gasteiger partial charge in [0.15, 0.2) is 24.0 Å². The van der Waals surface area contributed by atoms with E-state index in [-0.39, 0.29) is 6.07 Å². The van der Waals surface area contributed by atoms with Gasteiger partial charge in [-0.3, -0.25) is 4.79 Å². The molecule has 0 radical (unpaired) electrons. The minimum atomic E-state index is -1.68. The summed E-state index contributed by atoms with van der Waals surface area (Å²) in [5.41, 5.74) is 1.81. The Labute approximate surface area is 148 Å². The van der Waals surface area contributed by atoms with Crippen LogP contribution in [0.3, 0.4) is 0 Å². The number of halogens is 4. The van der Waals surface area contributed by atoms with Gasteiger partial charge in [-0.25, -0.2) is 8.78 Å². The van der Waals surface area contributed by atoms with Crippen molar-refractivity contribution in [2.24, 2.45) is 0 Å². The Hall–Kier alpha value is -2.35. The maximum Gasteiger partial charge on any atom is 0.203 e. The Morgan fingerprint density at radius 2 is 1.69 bits per heavy atom. The van der Waals surface area contributed by atoms with Crippen LogP contribution in [0.5, 0.6) is 5.75 Å². The summed E-state index contributed by atoms with van der Waals surface area (Å²) in [7, 11) is 1.59. The van der Waals surface area contributed by atoms with Crippen LogP contribution in [0.15, 0.2) is 12.1 Å². The van der Waals surface area contributed by atoms with Crippen LogP contribution in [0.2, 0.25) is 0 Å². The highest BCUT2D eigenvalue weighted by Gasteiger charge is 2.23. The van der Waals surface area contributed by atoms with E-state index in [0.29, 0.717) is 24.4 Å². The maximum atomic E-state index is 13.6. The van der Waals surface area contributed by atoms with Gasteiger partial charge in [0.2, 0.25) is 17.4 Å². The number of aryl methyl sites for hydroxylation is 1. The molecule has 0 unspecified atom stereocenters. The van der Waals surface area contributed by atoms with Gasteiger partial charge >= 0.3 is 0 Å². The van der Waals surface area contributed by atoms with Crippen molar-refractivity contribution >= 4 is 5.78 Å². The van der Waals surface area contributed by atoms with E-state index in [0.717, 1.165) is 12.1 Å². The summed E-state index contributed by atoms with van der Waals surface area (Å²) in [4.78, 5) is 12.3. The number of benzene rings is 1. The highest BCUT2D eigenvalue weighted by molar-refractivity contribution is 5.98. The van der Waals surface area contributed by atoms with Gasteiger partial charge in [-0.05, 0) is 26.3 Å². The summed E-state index contributed by atoms with van der Waals surface area (Å²) in [5, 5.41) is 0. The number of hydrogen-bond acceptors (Lipinski definition) is 3. The van der Waals surface area contributed by atoms with E-state index < -0.39 is 41.4 Å². The monoisotopic (exact) mass is 373 g/mol. The fourth-order valence-electron chi connectivity index (χ4n) is 2.69. The largest absolute Gasteiger partial charge is 0.479 e. The van der Waals surface area contributed by atoms with Crippen molar-refractivity contribution in [3.63, 3.8) is 0 Å². The molecule has 2 rings (SSSR count). The summed E-state index contributed by atoms with van der Waals surface area (Å²) in [5.74, 6) is -8.35. The second kappa shape index (κ2) is 8.35. The maximum absolute atomic E-state index is 13.6. The Balaban J connectivity index is 2.16. The van der Waals surface area contributed by atoms with Crippen molar-refractivity contribution in [3.05, 3.63) is 52.4 Å². The van der Waals surface area contributed by atoms with E-state index >= 15 is 0 Å². The standard InChI is InChI=1S/C18H19F4NO3/c1-10-7-12(11(2)23(10)5-4-6-25-3)15(24)9-26-18-16(21)13(19)8-14(20)17(18)22/h7-8H,4-6,9H2,1-3H3. The van der Waals surface area contributed by atoms with Crippen LogP contribution < -0.4 is 4.74 Å².